The number of nitrogens with zero attached hydrogens (tertiary/aromatic N) is 2. The Kier molecular flexibility index (Phi) is 2.92. The van der Waals surface area contributed by atoms with E-state index in [4.69, 9.17) is 0 Å². The van der Waals surface area contributed by atoms with Gasteiger partial charge in [0, 0.05) is 17.2 Å². The second-order valence-corrected chi connectivity index (χ2v) is 3.79. The summed E-state index contributed by atoms with van der Waals surface area (Å²) >= 11 is 2.40. The number of aryl methyl sites for hydroxylation is 2. The van der Waals surface area contributed by atoms with Crippen molar-refractivity contribution in [2.75, 3.05) is 4.43 Å². The van der Waals surface area contributed by atoms with Crippen LogP contribution in [-0.4, -0.2) is 14.2 Å². The first-order chi connectivity index (χ1) is 5.16. The molecule has 0 bridgehead atoms. The van der Waals surface area contributed by atoms with Crippen LogP contribution in [0.1, 0.15) is 17.0 Å². The lowest BCUT2D eigenvalue weighted by atomic mass is 10.1. The van der Waals surface area contributed by atoms with Crippen molar-refractivity contribution in [1.82, 2.24) is 9.78 Å². The zero-order chi connectivity index (χ0) is 8.43. The summed E-state index contributed by atoms with van der Waals surface area (Å²) in [4.78, 5) is 0. The van der Waals surface area contributed by atoms with Gasteiger partial charge in [0.1, 0.15) is 0 Å². The van der Waals surface area contributed by atoms with Crippen LogP contribution in [0.5, 0.6) is 0 Å². The predicted molar refractivity (Wildman–Crippen MR) is 55.3 cm³/mol. The lowest BCUT2D eigenvalue weighted by Crippen LogP contribution is -1.94. The van der Waals surface area contributed by atoms with Gasteiger partial charge in [-0.3, -0.25) is 4.68 Å². The lowest BCUT2D eigenvalue weighted by Gasteiger charge is -1.96. The first kappa shape index (κ1) is 9.03. The van der Waals surface area contributed by atoms with Crippen LogP contribution in [0.25, 0.3) is 0 Å². The smallest absolute Gasteiger partial charge is 0.0628 e. The van der Waals surface area contributed by atoms with Crippen LogP contribution in [0, 0.1) is 13.8 Å². The second kappa shape index (κ2) is 3.56. The fourth-order valence-corrected chi connectivity index (χ4v) is 1.81. The molecular weight excluding hydrogens is 251 g/mol. The van der Waals surface area contributed by atoms with Crippen molar-refractivity contribution in [2.45, 2.75) is 20.3 Å². The fraction of sp³-hybridized carbons (Fsp3) is 0.625. The minimum absolute atomic E-state index is 1.14. The van der Waals surface area contributed by atoms with Crippen molar-refractivity contribution in [2.24, 2.45) is 7.05 Å². The molecule has 0 unspecified atom stereocenters. The van der Waals surface area contributed by atoms with E-state index in [2.05, 4.69) is 41.5 Å². The molecule has 1 heterocycles. The van der Waals surface area contributed by atoms with Crippen LogP contribution < -0.4 is 0 Å². The molecule has 0 saturated carbocycles. The largest absolute Gasteiger partial charge is 0.272 e. The molecule has 0 spiro atoms. The number of halogens is 1. The number of hydrogen-bond acceptors (Lipinski definition) is 1. The number of rotatable bonds is 2. The van der Waals surface area contributed by atoms with Gasteiger partial charge in [-0.1, -0.05) is 22.6 Å². The zero-order valence-electron chi connectivity index (χ0n) is 7.19. The van der Waals surface area contributed by atoms with Gasteiger partial charge in [0.15, 0.2) is 0 Å². The third-order valence-electron chi connectivity index (χ3n) is 2.00. The van der Waals surface area contributed by atoms with Crippen molar-refractivity contribution >= 4 is 22.6 Å². The molecular formula is C8H13IN2. The molecule has 1 aromatic heterocycles. The van der Waals surface area contributed by atoms with Crippen LogP contribution >= 0.6 is 22.6 Å². The standard InChI is InChI=1S/C8H13IN2/c1-6-8(4-5-9)7(2)11(3)10-6/h4-5H2,1-3H3. The van der Waals surface area contributed by atoms with E-state index in [0.717, 1.165) is 6.42 Å². The maximum atomic E-state index is 4.34. The van der Waals surface area contributed by atoms with Gasteiger partial charge < -0.3 is 0 Å². The Morgan fingerprint density at radius 3 is 2.45 bits per heavy atom. The van der Waals surface area contributed by atoms with E-state index in [9.17, 15) is 0 Å². The summed E-state index contributed by atoms with van der Waals surface area (Å²) in [6.45, 7) is 4.20. The highest BCUT2D eigenvalue weighted by Gasteiger charge is 2.06. The molecule has 0 aromatic carbocycles. The average Bonchev–Trinajstić information content (AvgIpc) is 2.17. The van der Waals surface area contributed by atoms with Crippen molar-refractivity contribution in [1.29, 1.82) is 0 Å². The Hall–Kier alpha value is -0.0600. The Morgan fingerprint density at radius 2 is 2.09 bits per heavy atom. The minimum atomic E-state index is 1.14. The SMILES string of the molecule is Cc1nn(C)c(C)c1CCI. The van der Waals surface area contributed by atoms with E-state index in [1.54, 1.807) is 0 Å². The first-order valence-electron chi connectivity index (χ1n) is 3.72. The van der Waals surface area contributed by atoms with Gasteiger partial charge in [-0.2, -0.15) is 5.10 Å². The van der Waals surface area contributed by atoms with Crippen LogP contribution in [-0.2, 0) is 13.5 Å². The van der Waals surface area contributed by atoms with Gasteiger partial charge in [-0.05, 0) is 25.8 Å². The van der Waals surface area contributed by atoms with Gasteiger partial charge in [0.05, 0.1) is 5.69 Å². The highest BCUT2D eigenvalue weighted by molar-refractivity contribution is 14.1. The van der Waals surface area contributed by atoms with Gasteiger partial charge in [-0.25, -0.2) is 0 Å². The molecule has 0 aliphatic carbocycles. The monoisotopic (exact) mass is 264 g/mol. The number of aromatic nitrogens is 2. The van der Waals surface area contributed by atoms with E-state index in [0.29, 0.717) is 0 Å². The topological polar surface area (TPSA) is 17.8 Å². The molecule has 0 fully saturated rings. The maximum absolute atomic E-state index is 4.34. The average molecular weight is 264 g/mol. The fourth-order valence-electron chi connectivity index (χ4n) is 1.27. The minimum Gasteiger partial charge on any atom is -0.272 e. The molecule has 0 aliphatic rings. The molecule has 0 aliphatic heterocycles. The first-order valence-corrected chi connectivity index (χ1v) is 5.24. The van der Waals surface area contributed by atoms with Gasteiger partial charge in [-0.15, -0.1) is 0 Å². The molecule has 2 nitrogen and oxygen atoms in total. The zero-order valence-corrected chi connectivity index (χ0v) is 9.34. The molecule has 11 heavy (non-hydrogen) atoms. The molecule has 0 N–H and O–H groups in total. The molecule has 3 heteroatoms. The Balaban J connectivity index is 3.02. The van der Waals surface area contributed by atoms with E-state index in [1.807, 2.05) is 11.7 Å². The van der Waals surface area contributed by atoms with E-state index in [1.165, 1.54) is 21.4 Å². The maximum Gasteiger partial charge on any atom is 0.0628 e. The quantitative estimate of drug-likeness (QED) is 0.590. The third kappa shape index (κ3) is 1.75. The summed E-state index contributed by atoms with van der Waals surface area (Å²) in [6.07, 6.45) is 1.14. The van der Waals surface area contributed by atoms with Crippen LogP contribution in [0.3, 0.4) is 0 Å². The Bertz CT molecular complexity index is 253. The molecule has 1 aromatic rings. The van der Waals surface area contributed by atoms with E-state index >= 15 is 0 Å². The summed E-state index contributed by atoms with van der Waals surface area (Å²) in [7, 11) is 2.00. The lowest BCUT2D eigenvalue weighted by molar-refractivity contribution is 0.730. The van der Waals surface area contributed by atoms with Gasteiger partial charge in [0.2, 0.25) is 0 Å². The summed E-state index contributed by atoms with van der Waals surface area (Å²) in [5.74, 6) is 0. The van der Waals surface area contributed by atoms with Crippen LogP contribution in [0.15, 0.2) is 0 Å². The molecule has 0 atom stereocenters. The molecule has 0 radical (unpaired) electrons. The Labute approximate surface area is 81.1 Å². The van der Waals surface area contributed by atoms with Crippen molar-refractivity contribution in [3.05, 3.63) is 17.0 Å². The molecule has 0 amide bonds. The number of alkyl halides is 1. The van der Waals surface area contributed by atoms with Crippen LogP contribution in [0.4, 0.5) is 0 Å². The van der Waals surface area contributed by atoms with Crippen molar-refractivity contribution < 1.29 is 0 Å². The highest BCUT2D eigenvalue weighted by Crippen LogP contribution is 2.12. The normalized spacial score (nSPS) is 10.5. The molecule has 0 saturated heterocycles. The van der Waals surface area contributed by atoms with Gasteiger partial charge in [0.25, 0.3) is 0 Å². The third-order valence-corrected chi connectivity index (χ3v) is 2.54. The van der Waals surface area contributed by atoms with Gasteiger partial charge >= 0.3 is 0 Å². The summed E-state index contributed by atoms with van der Waals surface area (Å²) < 4.78 is 3.13. The molecule has 62 valence electrons. The Morgan fingerprint density at radius 1 is 1.45 bits per heavy atom. The second-order valence-electron chi connectivity index (χ2n) is 2.71. The van der Waals surface area contributed by atoms with E-state index < -0.39 is 0 Å². The summed E-state index contributed by atoms with van der Waals surface area (Å²) in [6, 6.07) is 0. The van der Waals surface area contributed by atoms with E-state index in [-0.39, 0.29) is 0 Å². The number of hydrogen-bond donors (Lipinski definition) is 0. The highest BCUT2D eigenvalue weighted by atomic mass is 127. The summed E-state index contributed by atoms with van der Waals surface area (Å²) in [5, 5.41) is 4.34. The van der Waals surface area contributed by atoms with Crippen molar-refractivity contribution in [3.63, 3.8) is 0 Å². The summed E-state index contributed by atoms with van der Waals surface area (Å²) in [5.41, 5.74) is 3.91. The van der Waals surface area contributed by atoms with Crippen molar-refractivity contribution in [3.8, 4) is 0 Å². The molecule has 1 rings (SSSR count). The van der Waals surface area contributed by atoms with Crippen LogP contribution in [0.2, 0.25) is 0 Å². The predicted octanol–water partition coefficient (Wildman–Crippen LogP) is 2.01.